The van der Waals surface area contributed by atoms with Crippen molar-refractivity contribution in [2.75, 3.05) is 19.6 Å². The largest absolute Gasteiger partial charge is 0.464 e. The number of nitrogens with one attached hydrogen (secondary N) is 1. The zero-order valence-corrected chi connectivity index (χ0v) is 9.59. The topological polar surface area (TPSA) is 107 Å². The molecule has 2 aliphatic rings. The summed E-state index contributed by atoms with van der Waals surface area (Å²) in [7, 11) is 0. The van der Waals surface area contributed by atoms with E-state index in [4.69, 9.17) is 5.11 Å². The maximum absolute atomic E-state index is 11.9. The summed E-state index contributed by atoms with van der Waals surface area (Å²) in [5.74, 6) is -1.81. The van der Waals surface area contributed by atoms with Crippen molar-refractivity contribution in [1.82, 2.24) is 15.1 Å². The summed E-state index contributed by atoms with van der Waals surface area (Å²) in [4.78, 5) is 47.4. The summed E-state index contributed by atoms with van der Waals surface area (Å²) < 4.78 is 0. The Kier molecular flexibility index (Phi) is 3.28. The fourth-order valence-electron chi connectivity index (χ4n) is 2.21. The number of piperazine rings is 1. The number of imide groups is 3. The number of piperidine rings is 1. The standard InChI is InChI=1S/C10H13N3O5/c14-7-2-1-6(9(16)13(7)10(17)18)12-4-3-11-5-8(12)15/h6,11H,1-5H2,(H,17,18). The maximum atomic E-state index is 11.9. The number of likely N-dealkylation sites (tertiary alicyclic amines) is 1. The van der Waals surface area contributed by atoms with Gasteiger partial charge in [0.1, 0.15) is 6.04 Å². The van der Waals surface area contributed by atoms with Crippen molar-refractivity contribution in [1.29, 1.82) is 0 Å². The fourth-order valence-corrected chi connectivity index (χ4v) is 2.21. The van der Waals surface area contributed by atoms with E-state index in [-0.39, 0.29) is 30.2 Å². The molecule has 0 aromatic carbocycles. The van der Waals surface area contributed by atoms with Crippen molar-refractivity contribution in [3.63, 3.8) is 0 Å². The van der Waals surface area contributed by atoms with E-state index in [0.29, 0.717) is 13.1 Å². The van der Waals surface area contributed by atoms with Crippen molar-refractivity contribution in [2.24, 2.45) is 0 Å². The van der Waals surface area contributed by atoms with Gasteiger partial charge in [0.05, 0.1) is 6.54 Å². The highest BCUT2D eigenvalue weighted by molar-refractivity contribution is 6.12. The van der Waals surface area contributed by atoms with Crippen LogP contribution in [0.1, 0.15) is 12.8 Å². The van der Waals surface area contributed by atoms with Crippen LogP contribution < -0.4 is 5.32 Å². The normalized spacial score (nSPS) is 25.6. The molecule has 0 aliphatic carbocycles. The Hall–Kier alpha value is -1.96. The van der Waals surface area contributed by atoms with Gasteiger partial charge in [-0.15, -0.1) is 0 Å². The highest BCUT2D eigenvalue weighted by Crippen LogP contribution is 2.19. The van der Waals surface area contributed by atoms with Crippen LogP contribution in [0, 0.1) is 0 Å². The first-order valence-corrected chi connectivity index (χ1v) is 5.62. The third kappa shape index (κ3) is 2.06. The molecule has 2 saturated heterocycles. The number of hydrogen-bond acceptors (Lipinski definition) is 5. The number of carbonyl (C=O) groups excluding carboxylic acids is 3. The van der Waals surface area contributed by atoms with Crippen molar-refractivity contribution >= 4 is 23.8 Å². The molecule has 2 fully saturated rings. The zero-order chi connectivity index (χ0) is 13.3. The van der Waals surface area contributed by atoms with Gasteiger partial charge in [0.2, 0.25) is 11.8 Å². The molecule has 1 atom stereocenters. The lowest BCUT2D eigenvalue weighted by Crippen LogP contribution is -2.61. The minimum atomic E-state index is -1.59. The van der Waals surface area contributed by atoms with Gasteiger partial charge in [-0.3, -0.25) is 14.4 Å². The summed E-state index contributed by atoms with van der Waals surface area (Å²) in [5, 5.41) is 11.7. The van der Waals surface area contributed by atoms with Gasteiger partial charge < -0.3 is 15.3 Å². The molecule has 0 aromatic heterocycles. The fraction of sp³-hybridized carbons (Fsp3) is 0.600. The molecule has 1 unspecified atom stereocenters. The summed E-state index contributed by atoms with van der Waals surface area (Å²) in [6.45, 7) is 1.03. The first-order chi connectivity index (χ1) is 8.52. The Morgan fingerprint density at radius 3 is 2.61 bits per heavy atom. The van der Waals surface area contributed by atoms with Crippen molar-refractivity contribution in [3.8, 4) is 0 Å². The Bertz CT molecular complexity index is 422. The molecular formula is C10H13N3O5. The molecule has 2 aliphatic heterocycles. The lowest BCUT2D eigenvalue weighted by atomic mass is 10.0. The third-order valence-corrected chi connectivity index (χ3v) is 3.08. The van der Waals surface area contributed by atoms with Gasteiger partial charge in [0.25, 0.3) is 5.91 Å². The van der Waals surface area contributed by atoms with Crippen molar-refractivity contribution < 1.29 is 24.3 Å². The van der Waals surface area contributed by atoms with E-state index in [2.05, 4.69) is 5.32 Å². The van der Waals surface area contributed by atoms with Crippen LogP contribution in [0.15, 0.2) is 0 Å². The Morgan fingerprint density at radius 1 is 1.28 bits per heavy atom. The second kappa shape index (κ2) is 4.73. The molecule has 8 heteroatoms. The van der Waals surface area contributed by atoms with E-state index in [1.807, 2.05) is 0 Å². The molecule has 0 bridgehead atoms. The van der Waals surface area contributed by atoms with Crippen LogP contribution >= 0.6 is 0 Å². The molecule has 0 aromatic rings. The lowest BCUT2D eigenvalue weighted by molar-refractivity contribution is -0.155. The van der Waals surface area contributed by atoms with Crippen LogP contribution in [0.25, 0.3) is 0 Å². The molecule has 2 N–H and O–H groups in total. The minimum absolute atomic E-state index is 0.0418. The number of carboxylic acid groups (broad SMARTS) is 1. The second-order valence-corrected chi connectivity index (χ2v) is 4.17. The molecule has 2 rings (SSSR count). The predicted molar refractivity (Wildman–Crippen MR) is 57.5 cm³/mol. The molecule has 2 heterocycles. The smallest absolute Gasteiger partial charge is 0.421 e. The van der Waals surface area contributed by atoms with Gasteiger partial charge in [0.15, 0.2) is 0 Å². The molecule has 4 amide bonds. The molecule has 8 nitrogen and oxygen atoms in total. The lowest BCUT2D eigenvalue weighted by Gasteiger charge is -2.37. The number of amides is 4. The van der Waals surface area contributed by atoms with Gasteiger partial charge in [-0.25, -0.2) is 4.79 Å². The van der Waals surface area contributed by atoms with Crippen LogP contribution in [0.3, 0.4) is 0 Å². The molecule has 18 heavy (non-hydrogen) atoms. The number of rotatable bonds is 1. The van der Waals surface area contributed by atoms with E-state index in [1.54, 1.807) is 0 Å². The number of carbonyl (C=O) groups is 4. The third-order valence-electron chi connectivity index (χ3n) is 3.08. The Morgan fingerprint density at radius 2 is 2.00 bits per heavy atom. The SMILES string of the molecule is O=C(O)N1C(=O)CCC(N2CCNCC2=O)C1=O. The van der Waals surface area contributed by atoms with E-state index in [0.717, 1.165) is 0 Å². The summed E-state index contributed by atoms with van der Waals surface area (Å²) in [5.41, 5.74) is 0. The predicted octanol–water partition coefficient (Wildman–Crippen LogP) is -1.39. The van der Waals surface area contributed by atoms with Crippen LogP contribution in [0.4, 0.5) is 4.79 Å². The average molecular weight is 255 g/mol. The highest BCUT2D eigenvalue weighted by Gasteiger charge is 2.42. The zero-order valence-electron chi connectivity index (χ0n) is 9.59. The van der Waals surface area contributed by atoms with Gasteiger partial charge in [-0.1, -0.05) is 0 Å². The Balaban J connectivity index is 2.18. The van der Waals surface area contributed by atoms with E-state index in [1.165, 1.54) is 4.90 Å². The van der Waals surface area contributed by atoms with E-state index in [9.17, 15) is 19.2 Å². The second-order valence-electron chi connectivity index (χ2n) is 4.17. The van der Waals surface area contributed by atoms with Gasteiger partial charge in [-0.2, -0.15) is 4.90 Å². The first kappa shape index (κ1) is 12.5. The Labute approximate surface area is 103 Å². The quantitative estimate of drug-likeness (QED) is 0.559. The van der Waals surface area contributed by atoms with Crippen molar-refractivity contribution in [3.05, 3.63) is 0 Å². The maximum Gasteiger partial charge on any atom is 0.421 e. The molecule has 98 valence electrons. The number of nitrogens with zero attached hydrogens (tertiary/aromatic N) is 2. The monoisotopic (exact) mass is 255 g/mol. The summed E-state index contributed by atoms with van der Waals surface area (Å²) in [6.07, 6.45) is -1.44. The average Bonchev–Trinajstić information content (AvgIpc) is 2.30. The number of hydrogen-bond donors (Lipinski definition) is 2. The minimum Gasteiger partial charge on any atom is -0.464 e. The summed E-state index contributed by atoms with van der Waals surface area (Å²) in [6, 6.07) is -0.839. The molecular weight excluding hydrogens is 242 g/mol. The molecule has 0 saturated carbocycles. The van der Waals surface area contributed by atoms with Crippen LogP contribution in [-0.2, 0) is 14.4 Å². The highest BCUT2D eigenvalue weighted by atomic mass is 16.4. The molecule has 0 spiro atoms. The van der Waals surface area contributed by atoms with Crippen molar-refractivity contribution in [2.45, 2.75) is 18.9 Å². The van der Waals surface area contributed by atoms with E-state index < -0.39 is 23.9 Å². The molecule has 0 radical (unpaired) electrons. The van der Waals surface area contributed by atoms with Crippen LogP contribution in [0.2, 0.25) is 0 Å². The van der Waals surface area contributed by atoms with Gasteiger partial charge in [-0.05, 0) is 6.42 Å². The van der Waals surface area contributed by atoms with E-state index >= 15 is 0 Å². The van der Waals surface area contributed by atoms with Crippen LogP contribution in [0.5, 0.6) is 0 Å². The van der Waals surface area contributed by atoms with Gasteiger partial charge in [0, 0.05) is 19.5 Å². The summed E-state index contributed by atoms with van der Waals surface area (Å²) >= 11 is 0. The first-order valence-electron chi connectivity index (χ1n) is 5.62. The van der Waals surface area contributed by atoms with Gasteiger partial charge >= 0.3 is 6.09 Å². The van der Waals surface area contributed by atoms with Crippen LogP contribution in [-0.4, -0.2) is 64.4 Å².